The molecule has 2 aliphatic rings. The molecule has 0 bridgehead atoms. The van der Waals surface area contributed by atoms with E-state index in [9.17, 15) is 17.2 Å². The Labute approximate surface area is 170 Å². The summed E-state index contributed by atoms with van der Waals surface area (Å²) < 4.78 is 48.9. The van der Waals surface area contributed by atoms with E-state index in [0.717, 1.165) is 16.8 Å². The zero-order valence-electron chi connectivity index (χ0n) is 14.3. The number of halogens is 3. The lowest BCUT2D eigenvalue weighted by atomic mass is 9.98. The Morgan fingerprint density at radius 1 is 1.24 bits per heavy atom. The van der Waals surface area contributed by atoms with Crippen molar-refractivity contribution >= 4 is 51.7 Å². The number of hydrogen-bond donors (Lipinski definition) is 2. The van der Waals surface area contributed by atoms with E-state index in [1.807, 2.05) is 11.8 Å². The van der Waals surface area contributed by atoms with E-state index in [-0.39, 0.29) is 43.0 Å². The fourth-order valence-electron chi connectivity index (χ4n) is 2.96. The van der Waals surface area contributed by atoms with Gasteiger partial charge in [0.25, 0.3) is 10.0 Å². The van der Waals surface area contributed by atoms with Crippen molar-refractivity contribution in [2.24, 2.45) is 10.9 Å². The first-order chi connectivity index (χ1) is 11.4. The van der Waals surface area contributed by atoms with E-state index >= 15 is 0 Å². The Balaban J connectivity index is 0.00000312. The summed E-state index contributed by atoms with van der Waals surface area (Å²) in [6.45, 7) is 1.86. The molecule has 25 heavy (non-hydrogen) atoms. The molecule has 0 aromatic carbocycles. The summed E-state index contributed by atoms with van der Waals surface area (Å²) in [4.78, 5) is 4.19. The third kappa shape index (κ3) is 6.98. The van der Waals surface area contributed by atoms with Gasteiger partial charge in [-0.25, -0.2) is 8.42 Å². The van der Waals surface area contributed by atoms with Crippen LogP contribution in [0.4, 0.5) is 8.78 Å². The molecular formula is C14H27F2IN4O2S2. The highest BCUT2D eigenvalue weighted by Crippen LogP contribution is 2.25. The van der Waals surface area contributed by atoms with Gasteiger partial charge in [0.15, 0.2) is 5.96 Å². The van der Waals surface area contributed by atoms with Crippen molar-refractivity contribution < 1.29 is 17.2 Å². The standard InChI is InChI=1S/C14H26F2N4O2S2.HI/c1-17-14(19-10-12-3-2-8-23-12)18-9-11-4-6-20(7-5-11)24(21,22)13(15)16;/h11-13H,2-10H2,1H3,(H2,17,18,19);1H. The molecule has 2 heterocycles. The molecule has 0 aliphatic carbocycles. The lowest BCUT2D eigenvalue weighted by Crippen LogP contribution is -2.46. The number of hydrogen-bond acceptors (Lipinski definition) is 4. The van der Waals surface area contributed by atoms with Gasteiger partial charge in [0, 0.05) is 38.5 Å². The summed E-state index contributed by atoms with van der Waals surface area (Å²) >= 11 is 1.98. The van der Waals surface area contributed by atoms with Crippen LogP contribution >= 0.6 is 35.7 Å². The maximum Gasteiger partial charge on any atom is 0.350 e. The fraction of sp³-hybridized carbons (Fsp3) is 0.929. The van der Waals surface area contributed by atoms with Crippen molar-refractivity contribution in [1.82, 2.24) is 14.9 Å². The van der Waals surface area contributed by atoms with E-state index in [4.69, 9.17) is 0 Å². The lowest BCUT2D eigenvalue weighted by molar-refractivity contribution is 0.204. The molecule has 2 N–H and O–H groups in total. The molecule has 0 radical (unpaired) electrons. The molecular weight excluding hydrogens is 485 g/mol. The van der Waals surface area contributed by atoms with Gasteiger partial charge in [0.1, 0.15) is 0 Å². The SMILES string of the molecule is CN=C(NCC1CCN(S(=O)(=O)C(F)F)CC1)NCC1CCCS1.I. The maximum atomic E-state index is 12.5. The highest BCUT2D eigenvalue weighted by Gasteiger charge is 2.34. The van der Waals surface area contributed by atoms with Crippen molar-refractivity contribution in [2.75, 3.05) is 39.0 Å². The summed E-state index contributed by atoms with van der Waals surface area (Å²) in [5.41, 5.74) is 0. The van der Waals surface area contributed by atoms with Crippen LogP contribution in [0.3, 0.4) is 0 Å². The Hall–Kier alpha value is 0.120. The number of thioether (sulfide) groups is 1. The van der Waals surface area contributed by atoms with Crippen molar-refractivity contribution in [1.29, 1.82) is 0 Å². The summed E-state index contributed by atoms with van der Waals surface area (Å²) in [5, 5.41) is 7.20. The second-order valence-corrected chi connectivity index (χ2v) is 9.43. The van der Waals surface area contributed by atoms with Crippen molar-refractivity contribution in [3.05, 3.63) is 0 Å². The largest absolute Gasteiger partial charge is 0.356 e. The predicted molar refractivity (Wildman–Crippen MR) is 109 cm³/mol. The van der Waals surface area contributed by atoms with Crippen molar-refractivity contribution in [2.45, 2.75) is 36.7 Å². The topological polar surface area (TPSA) is 73.8 Å². The number of rotatable bonds is 6. The average Bonchev–Trinajstić information content (AvgIpc) is 3.08. The maximum absolute atomic E-state index is 12.5. The number of piperidine rings is 1. The molecule has 0 amide bonds. The minimum absolute atomic E-state index is 0. The van der Waals surface area contributed by atoms with Gasteiger partial charge in [-0.1, -0.05) is 0 Å². The van der Waals surface area contributed by atoms with Crippen LogP contribution in [0.2, 0.25) is 0 Å². The molecule has 2 saturated heterocycles. The minimum Gasteiger partial charge on any atom is -0.356 e. The summed E-state index contributed by atoms with van der Waals surface area (Å²) in [7, 11) is -2.72. The van der Waals surface area contributed by atoms with Gasteiger partial charge >= 0.3 is 5.76 Å². The third-order valence-electron chi connectivity index (χ3n) is 4.46. The summed E-state index contributed by atoms with van der Waals surface area (Å²) in [5.74, 6) is -1.11. The van der Waals surface area contributed by atoms with Crippen LogP contribution in [0.1, 0.15) is 25.7 Å². The first-order valence-electron chi connectivity index (χ1n) is 8.26. The van der Waals surface area contributed by atoms with Gasteiger partial charge in [0.05, 0.1) is 0 Å². The number of alkyl halides is 2. The molecule has 2 rings (SSSR count). The average molecular weight is 512 g/mol. The number of guanidine groups is 1. The van der Waals surface area contributed by atoms with Gasteiger partial charge in [-0.15, -0.1) is 24.0 Å². The third-order valence-corrected chi connectivity index (χ3v) is 7.39. The monoisotopic (exact) mass is 512 g/mol. The summed E-state index contributed by atoms with van der Waals surface area (Å²) in [6, 6.07) is 0. The highest BCUT2D eigenvalue weighted by molar-refractivity contribution is 14.0. The van der Waals surface area contributed by atoms with Crippen molar-refractivity contribution in [3.63, 3.8) is 0 Å². The van der Waals surface area contributed by atoms with E-state index < -0.39 is 15.8 Å². The Bertz CT molecular complexity index is 523. The smallest absolute Gasteiger partial charge is 0.350 e. The molecule has 11 heteroatoms. The lowest BCUT2D eigenvalue weighted by Gasteiger charge is -2.31. The van der Waals surface area contributed by atoms with Crippen LogP contribution in [0.25, 0.3) is 0 Å². The fourth-order valence-corrected chi connectivity index (χ4v) is 5.10. The van der Waals surface area contributed by atoms with Gasteiger partial charge in [-0.3, -0.25) is 4.99 Å². The highest BCUT2D eigenvalue weighted by atomic mass is 127. The van der Waals surface area contributed by atoms with E-state index in [1.165, 1.54) is 18.6 Å². The zero-order chi connectivity index (χ0) is 17.6. The van der Waals surface area contributed by atoms with Crippen LogP contribution in [-0.4, -0.2) is 68.7 Å². The Morgan fingerprint density at radius 3 is 2.40 bits per heavy atom. The van der Waals surface area contributed by atoms with Crippen LogP contribution in [0.15, 0.2) is 4.99 Å². The molecule has 1 atom stereocenters. The van der Waals surface area contributed by atoms with Crippen LogP contribution in [0.5, 0.6) is 0 Å². The van der Waals surface area contributed by atoms with Crippen LogP contribution in [-0.2, 0) is 10.0 Å². The molecule has 0 aromatic rings. The molecule has 0 spiro atoms. The van der Waals surface area contributed by atoms with Gasteiger partial charge < -0.3 is 10.6 Å². The van der Waals surface area contributed by atoms with E-state index in [1.54, 1.807) is 7.05 Å². The molecule has 148 valence electrons. The minimum atomic E-state index is -4.44. The second kappa shape index (κ2) is 11.1. The molecule has 0 saturated carbocycles. The quantitative estimate of drug-likeness (QED) is 0.324. The van der Waals surface area contributed by atoms with Gasteiger partial charge in [-0.05, 0) is 37.4 Å². The molecule has 1 unspecified atom stereocenters. The Kier molecular flexibility index (Phi) is 10.3. The summed E-state index contributed by atoms with van der Waals surface area (Å²) in [6.07, 6.45) is 3.65. The van der Waals surface area contributed by atoms with Gasteiger partial charge in [-0.2, -0.15) is 24.8 Å². The zero-order valence-corrected chi connectivity index (χ0v) is 18.3. The molecule has 0 aromatic heterocycles. The Morgan fingerprint density at radius 2 is 1.88 bits per heavy atom. The van der Waals surface area contributed by atoms with Gasteiger partial charge in [0.2, 0.25) is 0 Å². The first-order valence-corrected chi connectivity index (χ1v) is 10.8. The normalized spacial score (nSPS) is 23.5. The number of nitrogens with zero attached hydrogens (tertiary/aromatic N) is 2. The van der Waals surface area contributed by atoms with Crippen LogP contribution in [0, 0.1) is 5.92 Å². The predicted octanol–water partition coefficient (Wildman–Crippen LogP) is 1.93. The first kappa shape index (κ1) is 23.2. The van der Waals surface area contributed by atoms with Crippen LogP contribution < -0.4 is 10.6 Å². The second-order valence-electron chi connectivity index (χ2n) is 6.12. The van der Waals surface area contributed by atoms with E-state index in [2.05, 4.69) is 15.6 Å². The molecule has 2 aliphatic heterocycles. The van der Waals surface area contributed by atoms with E-state index in [0.29, 0.717) is 24.6 Å². The molecule has 2 fully saturated rings. The number of aliphatic imine (C=N–C) groups is 1. The number of nitrogens with one attached hydrogen (secondary N) is 2. The number of sulfonamides is 1. The molecule has 6 nitrogen and oxygen atoms in total. The van der Waals surface area contributed by atoms with Crippen molar-refractivity contribution in [3.8, 4) is 0 Å².